The van der Waals surface area contributed by atoms with Crippen LogP contribution in [0.4, 0.5) is 34.1 Å². The van der Waals surface area contributed by atoms with Gasteiger partial charge in [0.25, 0.3) is 0 Å². The quantitative estimate of drug-likeness (QED) is 0.128. The van der Waals surface area contributed by atoms with E-state index in [-0.39, 0.29) is 0 Å². The van der Waals surface area contributed by atoms with Crippen LogP contribution >= 0.6 is 0 Å². The van der Waals surface area contributed by atoms with E-state index in [0.717, 1.165) is 111 Å². The second-order valence-electron chi connectivity index (χ2n) is 18.5. The van der Waals surface area contributed by atoms with Gasteiger partial charge in [-0.3, -0.25) is 0 Å². The minimum atomic E-state index is 0.571. The maximum Gasteiger partial charge on any atom is 0.101 e. The Morgan fingerprint density at radius 2 is 0.625 bits per heavy atom. The van der Waals surface area contributed by atoms with Crippen molar-refractivity contribution in [2.24, 2.45) is 0 Å². The van der Waals surface area contributed by atoms with Crippen LogP contribution in [0, 0.1) is 36.5 Å². The minimum Gasteiger partial charge on any atom is -0.308 e. The van der Waals surface area contributed by atoms with Gasteiger partial charge in [-0.2, -0.15) is 10.5 Å². The number of benzene rings is 12. The molecule has 0 bridgehead atoms. The topological polar surface area (TPSA) is 54.1 Å². The van der Waals surface area contributed by atoms with Crippen LogP contribution in [0.25, 0.3) is 76.8 Å². The Kier molecular flexibility index (Phi) is 11.1. The van der Waals surface area contributed by atoms with Crippen LogP contribution < -0.4 is 9.80 Å². The summed E-state index contributed by atoms with van der Waals surface area (Å²) in [6, 6.07) is 90.5. The average molecular weight is 919 g/mol. The summed E-state index contributed by atoms with van der Waals surface area (Å²) in [6.45, 7) is 4.23. The van der Waals surface area contributed by atoms with Crippen LogP contribution in [-0.2, 0) is 0 Å². The molecule has 0 saturated heterocycles. The van der Waals surface area contributed by atoms with Crippen molar-refractivity contribution >= 4 is 66.4 Å². The number of nitriles is 2. The number of hydrogen-bond donors (Lipinski definition) is 0. The second-order valence-corrected chi connectivity index (χ2v) is 18.5. The number of nitrogens with zero attached hydrogens (tertiary/aromatic N) is 4. The molecule has 12 aromatic rings. The fraction of sp³-hybridized carbons (Fsp3) is 0.0294. The zero-order chi connectivity index (χ0) is 48.7. The highest BCUT2D eigenvalue weighted by atomic mass is 15.2. The van der Waals surface area contributed by atoms with E-state index < -0.39 is 0 Å². The van der Waals surface area contributed by atoms with Gasteiger partial charge in [-0.25, -0.2) is 0 Å². The Labute approximate surface area is 420 Å². The number of anilines is 6. The van der Waals surface area contributed by atoms with E-state index in [0.29, 0.717) is 11.1 Å². The van der Waals surface area contributed by atoms with Crippen molar-refractivity contribution in [1.82, 2.24) is 0 Å². The summed E-state index contributed by atoms with van der Waals surface area (Å²) in [5, 5.41) is 28.1. The standard InChI is InChI=1S/C68H46N4/c1-45-21-25-49(26-22-45)57-37-55(47-13-5-3-6-14-47)39-59(41-57)71(63-19-11-9-17-53(63)43-69)65-35-31-51-30-34-62-66(36-32-52-29-33-61(65)67(51)68(52)62)72(64-20-12-10-18-54(64)44-70)60-40-56(48-15-7-4-8-16-48)38-58(42-60)50-27-23-46(2)24-28-50/h3-42H,1-2H3. The number of aryl methyl sites for hydroxylation is 2. The van der Waals surface area contributed by atoms with Gasteiger partial charge >= 0.3 is 0 Å². The minimum absolute atomic E-state index is 0.571. The predicted octanol–water partition coefficient (Wildman–Crippen LogP) is 18.6. The molecule has 0 unspecified atom stereocenters. The van der Waals surface area contributed by atoms with Crippen molar-refractivity contribution in [3.05, 3.63) is 265 Å². The molecule has 0 aliphatic carbocycles. The fourth-order valence-corrected chi connectivity index (χ4v) is 10.4. The molecule has 338 valence electrons. The van der Waals surface area contributed by atoms with E-state index in [4.69, 9.17) is 0 Å². The van der Waals surface area contributed by atoms with Crippen molar-refractivity contribution in [2.45, 2.75) is 13.8 Å². The van der Waals surface area contributed by atoms with Gasteiger partial charge in [0.2, 0.25) is 0 Å². The van der Waals surface area contributed by atoms with Crippen molar-refractivity contribution in [1.29, 1.82) is 10.5 Å². The van der Waals surface area contributed by atoms with Crippen molar-refractivity contribution in [2.75, 3.05) is 9.80 Å². The zero-order valence-corrected chi connectivity index (χ0v) is 39.9. The van der Waals surface area contributed by atoms with Crippen LogP contribution in [0.15, 0.2) is 243 Å². The van der Waals surface area contributed by atoms with Crippen LogP contribution in [0.3, 0.4) is 0 Å². The Morgan fingerprint density at radius 1 is 0.292 bits per heavy atom. The summed E-state index contributed by atoms with van der Waals surface area (Å²) >= 11 is 0. The summed E-state index contributed by atoms with van der Waals surface area (Å²) in [5.41, 5.74) is 17.6. The fourth-order valence-electron chi connectivity index (χ4n) is 10.4. The van der Waals surface area contributed by atoms with Crippen LogP contribution in [0.1, 0.15) is 22.3 Å². The molecule has 0 spiro atoms. The molecule has 0 fully saturated rings. The first-order valence-corrected chi connectivity index (χ1v) is 24.3. The lowest BCUT2D eigenvalue weighted by atomic mass is 9.91. The molecule has 0 atom stereocenters. The van der Waals surface area contributed by atoms with Gasteiger partial charge in [-0.1, -0.05) is 181 Å². The van der Waals surface area contributed by atoms with Crippen molar-refractivity contribution < 1.29 is 0 Å². The van der Waals surface area contributed by atoms with Crippen LogP contribution in [-0.4, -0.2) is 0 Å². The summed E-state index contributed by atoms with van der Waals surface area (Å²) in [5.74, 6) is 0. The number of hydrogen-bond acceptors (Lipinski definition) is 4. The van der Waals surface area contributed by atoms with Gasteiger partial charge in [-0.05, 0) is 153 Å². The third-order valence-electron chi connectivity index (χ3n) is 14.0. The monoisotopic (exact) mass is 918 g/mol. The summed E-state index contributed by atoms with van der Waals surface area (Å²) in [7, 11) is 0. The first kappa shape index (κ1) is 43.5. The summed E-state index contributed by atoms with van der Waals surface area (Å²) < 4.78 is 0. The van der Waals surface area contributed by atoms with E-state index in [1.807, 2.05) is 60.7 Å². The lowest BCUT2D eigenvalue weighted by Gasteiger charge is -2.31. The van der Waals surface area contributed by atoms with E-state index in [9.17, 15) is 10.5 Å². The molecule has 0 N–H and O–H groups in total. The third-order valence-corrected chi connectivity index (χ3v) is 14.0. The molecule has 0 aromatic heterocycles. The van der Waals surface area contributed by atoms with Crippen LogP contribution in [0.2, 0.25) is 0 Å². The van der Waals surface area contributed by atoms with E-state index in [2.05, 4.69) is 218 Å². The first-order chi connectivity index (χ1) is 35.4. The number of para-hydroxylation sites is 2. The molecule has 0 heterocycles. The van der Waals surface area contributed by atoms with Gasteiger partial charge < -0.3 is 9.80 Å². The Hall–Kier alpha value is -9.74. The second kappa shape index (κ2) is 18.3. The Bertz CT molecular complexity index is 3800. The molecule has 4 nitrogen and oxygen atoms in total. The molecule has 12 aromatic carbocycles. The summed E-state index contributed by atoms with van der Waals surface area (Å²) in [6.07, 6.45) is 0. The molecule has 72 heavy (non-hydrogen) atoms. The van der Waals surface area contributed by atoms with Gasteiger partial charge in [0.05, 0.1) is 33.9 Å². The van der Waals surface area contributed by atoms with Crippen LogP contribution in [0.5, 0.6) is 0 Å². The van der Waals surface area contributed by atoms with Crippen molar-refractivity contribution in [3.8, 4) is 56.6 Å². The Balaban J connectivity index is 1.12. The smallest absolute Gasteiger partial charge is 0.101 e. The molecule has 4 heteroatoms. The predicted molar refractivity (Wildman–Crippen MR) is 300 cm³/mol. The Morgan fingerprint density at radius 3 is 1.00 bits per heavy atom. The highest BCUT2D eigenvalue weighted by molar-refractivity contribution is 6.28. The van der Waals surface area contributed by atoms with Crippen molar-refractivity contribution in [3.63, 3.8) is 0 Å². The molecule has 0 amide bonds. The SMILES string of the molecule is Cc1ccc(-c2cc(-c3ccccc3)cc(N(c3ccccc3C#N)c3ccc4ccc5c(N(c6cc(-c7ccccc7)cc(-c7ccc(C)cc7)c6)c6ccccc6C#N)ccc6ccc3c4c65)c2)cc1. The normalized spacial score (nSPS) is 11.2. The molecular weight excluding hydrogens is 873 g/mol. The lowest BCUT2D eigenvalue weighted by molar-refractivity contribution is 1.28. The highest BCUT2D eigenvalue weighted by Gasteiger charge is 2.25. The largest absolute Gasteiger partial charge is 0.308 e. The highest BCUT2D eigenvalue weighted by Crippen LogP contribution is 2.50. The van der Waals surface area contributed by atoms with E-state index in [1.165, 1.54) is 11.1 Å². The lowest BCUT2D eigenvalue weighted by Crippen LogP contribution is -2.13. The molecular formula is C68H46N4. The first-order valence-electron chi connectivity index (χ1n) is 24.3. The third kappa shape index (κ3) is 7.84. The average Bonchev–Trinajstić information content (AvgIpc) is 3.44. The van der Waals surface area contributed by atoms with E-state index >= 15 is 0 Å². The molecule has 0 aliphatic heterocycles. The van der Waals surface area contributed by atoms with Gasteiger partial charge in [-0.15, -0.1) is 0 Å². The molecule has 0 aliphatic rings. The van der Waals surface area contributed by atoms with E-state index in [1.54, 1.807) is 0 Å². The van der Waals surface area contributed by atoms with Gasteiger partial charge in [0, 0.05) is 22.1 Å². The summed E-state index contributed by atoms with van der Waals surface area (Å²) in [4.78, 5) is 4.54. The maximum atomic E-state index is 10.8. The molecule has 12 rings (SSSR count). The maximum absolute atomic E-state index is 10.8. The number of rotatable bonds is 10. The molecule has 0 saturated carbocycles. The van der Waals surface area contributed by atoms with Gasteiger partial charge in [0.15, 0.2) is 0 Å². The molecule has 0 radical (unpaired) electrons. The zero-order valence-electron chi connectivity index (χ0n) is 39.9. The van der Waals surface area contributed by atoms with Gasteiger partial charge in [0.1, 0.15) is 12.1 Å².